The third-order valence-corrected chi connectivity index (χ3v) is 3.72. The van der Waals surface area contributed by atoms with E-state index in [2.05, 4.69) is 23.4 Å². The molecule has 0 fully saturated rings. The first kappa shape index (κ1) is 15.5. The van der Waals surface area contributed by atoms with Gasteiger partial charge < -0.3 is 14.4 Å². The van der Waals surface area contributed by atoms with Crippen LogP contribution in [0, 0.1) is 12.8 Å². The van der Waals surface area contributed by atoms with Gasteiger partial charge in [0.2, 0.25) is 0 Å². The van der Waals surface area contributed by atoms with Crippen molar-refractivity contribution in [2.45, 2.75) is 33.7 Å². The van der Waals surface area contributed by atoms with Gasteiger partial charge in [-0.1, -0.05) is 19.9 Å². The fourth-order valence-corrected chi connectivity index (χ4v) is 2.63. The summed E-state index contributed by atoms with van der Waals surface area (Å²) >= 11 is 0. The van der Waals surface area contributed by atoms with Gasteiger partial charge in [0.1, 0.15) is 11.3 Å². The van der Waals surface area contributed by atoms with Gasteiger partial charge >= 0.3 is 5.97 Å². The fourth-order valence-electron chi connectivity index (χ4n) is 2.63. The summed E-state index contributed by atoms with van der Waals surface area (Å²) in [7, 11) is 0. The Morgan fingerprint density at radius 1 is 1.43 bits per heavy atom. The zero-order valence-corrected chi connectivity index (χ0v) is 13.0. The highest BCUT2D eigenvalue weighted by Gasteiger charge is 2.22. The van der Waals surface area contributed by atoms with Crippen LogP contribution in [-0.2, 0) is 4.74 Å². The first-order valence-corrected chi connectivity index (χ1v) is 7.26. The van der Waals surface area contributed by atoms with Gasteiger partial charge in [-0.2, -0.15) is 0 Å². The molecule has 0 aliphatic carbocycles. The highest BCUT2D eigenvalue weighted by atomic mass is 16.5. The Morgan fingerprint density at radius 3 is 2.71 bits per heavy atom. The lowest BCUT2D eigenvalue weighted by molar-refractivity contribution is 0.0699. The van der Waals surface area contributed by atoms with Crippen LogP contribution in [0.3, 0.4) is 0 Å². The van der Waals surface area contributed by atoms with E-state index in [1.807, 2.05) is 19.9 Å². The van der Waals surface area contributed by atoms with Crippen LogP contribution in [0.5, 0.6) is 0 Å². The second kappa shape index (κ2) is 6.26. The average molecular weight is 290 g/mol. The van der Waals surface area contributed by atoms with E-state index < -0.39 is 5.97 Å². The lowest BCUT2D eigenvalue weighted by Crippen LogP contribution is -2.22. The van der Waals surface area contributed by atoms with Gasteiger partial charge in [0, 0.05) is 6.61 Å². The molecule has 1 aromatic carbocycles. The van der Waals surface area contributed by atoms with Crippen molar-refractivity contribution in [1.29, 1.82) is 0 Å². The number of benzene rings is 1. The number of carboxylic acid groups (broad SMARTS) is 1. The van der Waals surface area contributed by atoms with Crippen LogP contribution < -0.4 is 0 Å². The number of aryl methyl sites for hydroxylation is 1. The fraction of sp³-hybridized carbons (Fsp3) is 0.500. The number of hydrogen-bond donors (Lipinski definition) is 1. The molecule has 0 amide bonds. The monoisotopic (exact) mass is 290 g/mol. The van der Waals surface area contributed by atoms with E-state index in [1.54, 1.807) is 12.1 Å². The normalized spacial score (nSPS) is 13.0. The van der Waals surface area contributed by atoms with Crippen molar-refractivity contribution in [1.82, 2.24) is 9.55 Å². The summed E-state index contributed by atoms with van der Waals surface area (Å²) in [6.45, 7) is 9.41. The number of aromatic carboxylic acids is 1. The number of carboxylic acids is 1. The lowest BCUT2D eigenvalue weighted by Gasteiger charge is -2.24. The molecular formula is C16H22N2O3. The summed E-state index contributed by atoms with van der Waals surface area (Å²) in [5, 5.41) is 9.30. The van der Waals surface area contributed by atoms with Gasteiger partial charge in [-0.25, -0.2) is 9.78 Å². The van der Waals surface area contributed by atoms with Crippen molar-refractivity contribution >= 4 is 17.0 Å². The van der Waals surface area contributed by atoms with E-state index in [0.717, 1.165) is 11.3 Å². The molecule has 1 unspecified atom stereocenters. The topological polar surface area (TPSA) is 64.4 Å². The summed E-state index contributed by atoms with van der Waals surface area (Å²) in [5.41, 5.74) is 1.64. The number of para-hydroxylation sites is 1. The van der Waals surface area contributed by atoms with Crippen LogP contribution in [0.25, 0.3) is 11.0 Å². The SMILES string of the molecule is CCOCC(C(C)C)n1c(C)nc2c(C(=O)O)cccc21. The zero-order chi connectivity index (χ0) is 15.6. The van der Waals surface area contributed by atoms with Crippen molar-refractivity contribution in [2.24, 2.45) is 5.92 Å². The molecular weight excluding hydrogens is 268 g/mol. The maximum Gasteiger partial charge on any atom is 0.337 e. The Kier molecular flexibility index (Phi) is 4.63. The van der Waals surface area contributed by atoms with E-state index in [9.17, 15) is 9.90 Å². The Balaban J connectivity index is 2.60. The van der Waals surface area contributed by atoms with Gasteiger partial charge in [-0.15, -0.1) is 0 Å². The second-order valence-electron chi connectivity index (χ2n) is 5.48. The predicted molar refractivity (Wildman–Crippen MR) is 81.8 cm³/mol. The summed E-state index contributed by atoms with van der Waals surface area (Å²) in [5.74, 6) is 0.231. The first-order valence-electron chi connectivity index (χ1n) is 7.26. The van der Waals surface area contributed by atoms with Gasteiger partial charge in [0.05, 0.1) is 23.7 Å². The van der Waals surface area contributed by atoms with E-state index in [1.165, 1.54) is 0 Å². The number of rotatable bonds is 6. The molecule has 0 aliphatic heterocycles. The van der Waals surface area contributed by atoms with E-state index >= 15 is 0 Å². The standard InChI is InChI=1S/C16H22N2O3/c1-5-21-9-14(10(2)3)18-11(4)17-15-12(16(19)20)7-6-8-13(15)18/h6-8,10,14H,5,9H2,1-4H3,(H,19,20). The minimum Gasteiger partial charge on any atom is -0.478 e. The third-order valence-electron chi connectivity index (χ3n) is 3.72. The minimum absolute atomic E-state index is 0.138. The van der Waals surface area contributed by atoms with Crippen molar-refractivity contribution < 1.29 is 14.6 Å². The highest BCUT2D eigenvalue weighted by Crippen LogP contribution is 2.28. The molecule has 2 rings (SSSR count). The number of hydrogen-bond acceptors (Lipinski definition) is 3. The third kappa shape index (κ3) is 2.93. The quantitative estimate of drug-likeness (QED) is 0.886. The molecule has 0 bridgehead atoms. The van der Waals surface area contributed by atoms with Gasteiger partial charge in [0.15, 0.2) is 0 Å². The Bertz CT molecular complexity index is 646. The van der Waals surface area contributed by atoms with Crippen LogP contribution in [0.2, 0.25) is 0 Å². The molecule has 0 spiro atoms. The Morgan fingerprint density at radius 2 is 2.14 bits per heavy atom. The molecule has 21 heavy (non-hydrogen) atoms. The number of imidazole rings is 1. The lowest BCUT2D eigenvalue weighted by atomic mass is 10.0. The second-order valence-corrected chi connectivity index (χ2v) is 5.48. The molecule has 114 valence electrons. The number of carbonyl (C=O) groups is 1. The van der Waals surface area contributed by atoms with Crippen molar-refractivity contribution in [3.05, 3.63) is 29.6 Å². The van der Waals surface area contributed by atoms with Gasteiger partial charge in [0.25, 0.3) is 0 Å². The largest absolute Gasteiger partial charge is 0.478 e. The van der Waals surface area contributed by atoms with Crippen LogP contribution in [0.15, 0.2) is 18.2 Å². The smallest absolute Gasteiger partial charge is 0.337 e. The van der Waals surface area contributed by atoms with Crippen molar-refractivity contribution in [3.8, 4) is 0 Å². The number of ether oxygens (including phenoxy) is 1. The summed E-state index contributed by atoms with van der Waals surface area (Å²) in [4.78, 5) is 15.8. The predicted octanol–water partition coefficient (Wildman–Crippen LogP) is 3.28. The summed E-state index contributed by atoms with van der Waals surface area (Å²) in [6.07, 6.45) is 0. The minimum atomic E-state index is -0.948. The van der Waals surface area contributed by atoms with Crippen LogP contribution in [0.4, 0.5) is 0 Å². The summed E-state index contributed by atoms with van der Waals surface area (Å²) < 4.78 is 7.70. The van der Waals surface area contributed by atoms with Crippen molar-refractivity contribution in [2.75, 3.05) is 13.2 Å². The molecule has 0 saturated carbocycles. The molecule has 1 aromatic heterocycles. The molecule has 1 atom stereocenters. The maximum absolute atomic E-state index is 11.3. The highest BCUT2D eigenvalue weighted by molar-refractivity contribution is 6.01. The molecule has 2 aromatic rings. The molecule has 1 N–H and O–H groups in total. The molecule has 0 radical (unpaired) electrons. The van der Waals surface area contributed by atoms with Crippen LogP contribution >= 0.6 is 0 Å². The zero-order valence-electron chi connectivity index (χ0n) is 13.0. The van der Waals surface area contributed by atoms with E-state index in [4.69, 9.17) is 4.74 Å². The molecule has 0 aliphatic rings. The molecule has 0 saturated heterocycles. The number of aromatic nitrogens is 2. The molecule has 5 nitrogen and oxygen atoms in total. The van der Waals surface area contributed by atoms with Crippen molar-refractivity contribution in [3.63, 3.8) is 0 Å². The van der Waals surface area contributed by atoms with Gasteiger partial charge in [-0.05, 0) is 31.9 Å². The average Bonchev–Trinajstić information content (AvgIpc) is 2.75. The number of fused-ring (bicyclic) bond motifs is 1. The summed E-state index contributed by atoms with van der Waals surface area (Å²) in [6, 6.07) is 5.41. The van der Waals surface area contributed by atoms with E-state index in [-0.39, 0.29) is 11.6 Å². The number of nitrogens with zero attached hydrogens (tertiary/aromatic N) is 2. The molecule has 5 heteroatoms. The maximum atomic E-state index is 11.3. The molecule has 1 heterocycles. The Labute approximate surface area is 124 Å². The first-order chi connectivity index (χ1) is 9.97. The van der Waals surface area contributed by atoms with Gasteiger partial charge in [-0.3, -0.25) is 0 Å². The van der Waals surface area contributed by atoms with E-state index in [0.29, 0.717) is 24.6 Å². The van der Waals surface area contributed by atoms with Crippen LogP contribution in [0.1, 0.15) is 43.0 Å². The van der Waals surface area contributed by atoms with Crippen LogP contribution in [-0.4, -0.2) is 33.8 Å². The Hall–Kier alpha value is -1.88.